The summed E-state index contributed by atoms with van der Waals surface area (Å²) in [5.41, 5.74) is 0.905. The fourth-order valence-electron chi connectivity index (χ4n) is 4.99. The summed E-state index contributed by atoms with van der Waals surface area (Å²) in [6.45, 7) is 0.896. The number of nitriles is 1. The van der Waals surface area contributed by atoms with E-state index in [1.807, 2.05) is 36.1 Å². The average molecular weight is 403 g/mol. The molecule has 0 aromatic carbocycles. The average Bonchev–Trinajstić information content (AvgIpc) is 3.25. The van der Waals surface area contributed by atoms with Gasteiger partial charge in [0.15, 0.2) is 0 Å². The van der Waals surface area contributed by atoms with Crippen LogP contribution in [0.5, 0.6) is 0 Å². The molecule has 2 fully saturated rings. The van der Waals surface area contributed by atoms with Gasteiger partial charge in [0.05, 0.1) is 17.9 Å². The Labute approximate surface area is 176 Å². The van der Waals surface area contributed by atoms with Crippen molar-refractivity contribution in [1.29, 1.82) is 5.26 Å². The highest BCUT2D eigenvalue weighted by atomic mass is 15.2. The molecule has 0 radical (unpaired) electrons. The first-order valence-electron chi connectivity index (χ1n) is 10.6. The monoisotopic (exact) mass is 402 g/mol. The number of pyridine rings is 2. The summed E-state index contributed by atoms with van der Waals surface area (Å²) in [5.74, 6) is 2.36. The standard InChI is InChI=1S/C22H26N8/c1-29-13-21(25-14-29)27-20-12-19-18(4-2-8-24-19)22(28-20)26-15-10-16-5-6-17(11-15)30(16)9-3-7-23/h2,4,8,12-17H,3,5-6,9-11H2,1H3,(H2,26,27,28)/t15?,16-,17+. The number of nitrogens with zero attached hydrogens (tertiary/aromatic N) is 6. The predicted octanol–water partition coefficient (Wildman–Crippen LogP) is 3.43. The minimum atomic E-state index is 0.377. The summed E-state index contributed by atoms with van der Waals surface area (Å²) in [5, 5.41) is 17.0. The van der Waals surface area contributed by atoms with Crippen molar-refractivity contribution in [3.8, 4) is 6.07 Å². The van der Waals surface area contributed by atoms with Crippen molar-refractivity contribution in [2.24, 2.45) is 7.05 Å². The van der Waals surface area contributed by atoms with Gasteiger partial charge < -0.3 is 15.2 Å². The largest absolute Gasteiger partial charge is 0.367 e. The van der Waals surface area contributed by atoms with Crippen LogP contribution in [0.15, 0.2) is 36.9 Å². The van der Waals surface area contributed by atoms with Crippen LogP contribution in [0.3, 0.4) is 0 Å². The van der Waals surface area contributed by atoms with Crippen LogP contribution in [-0.2, 0) is 7.05 Å². The van der Waals surface area contributed by atoms with E-state index in [9.17, 15) is 0 Å². The zero-order valence-electron chi connectivity index (χ0n) is 17.1. The third kappa shape index (κ3) is 3.68. The number of anilines is 3. The summed E-state index contributed by atoms with van der Waals surface area (Å²) in [6.07, 6.45) is 10.7. The number of fused-ring (bicyclic) bond motifs is 3. The SMILES string of the molecule is Cn1cnc(Nc2cc3ncccc3c(NC3C[C@H]4CC[C@@H](C3)N4CCC#N)n2)c1. The molecule has 1 unspecified atom stereocenters. The van der Waals surface area contributed by atoms with Crippen molar-refractivity contribution in [3.05, 3.63) is 36.9 Å². The number of rotatable bonds is 6. The van der Waals surface area contributed by atoms with Gasteiger partial charge in [-0.05, 0) is 37.8 Å². The molecular formula is C22H26N8. The molecule has 3 atom stereocenters. The topological polar surface area (TPSA) is 94.7 Å². The smallest absolute Gasteiger partial charge is 0.149 e. The minimum Gasteiger partial charge on any atom is -0.367 e. The fraction of sp³-hybridized carbons (Fsp3) is 0.455. The molecule has 2 N–H and O–H groups in total. The summed E-state index contributed by atoms with van der Waals surface area (Å²) in [7, 11) is 1.94. The number of aryl methyl sites for hydroxylation is 1. The Morgan fingerprint density at radius 3 is 2.77 bits per heavy atom. The number of piperidine rings is 1. The second kappa shape index (κ2) is 7.92. The number of hydrogen-bond acceptors (Lipinski definition) is 7. The Morgan fingerprint density at radius 1 is 1.20 bits per heavy atom. The van der Waals surface area contributed by atoms with Gasteiger partial charge in [0.1, 0.15) is 17.5 Å². The Balaban J connectivity index is 1.38. The number of hydrogen-bond donors (Lipinski definition) is 2. The predicted molar refractivity (Wildman–Crippen MR) is 116 cm³/mol. The molecule has 0 saturated carbocycles. The first-order chi connectivity index (χ1) is 14.7. The zero-order valence-corrected chi connectivity index (χ0v) is 17.1. The van der Waals surface area contributed by atoms with Gasteiger partial charge >= 0.3 is 0 Å². The molecule has 0 aliphatic carbocycles. The van der Waals surface area contributed by atoms with E-state index in [1.54, 1.807) is 6.33 Å². The van der Waals surface area contributed by atoms with Gasteiger partial charge in [-0.15, -0.1) is 0 Å². The van der Waals surface area contributed by atoms with Crippen LogP contribution in [0.25, 0.3) is 10.9 Å². The van der Waals surface area contributed by atoms with Crippen LogP contribution >= 0.6 is 0 Å². The molecule has 2 aliphatic rings. The van der Waals surface area contributed by atoms with E-state index >= 15 is 0 Å². The number of imidazole rings is 1. The van der Waals surface area contributed by atoms with Gasteiger partial charge in [-0.2, -0.15) is 5.26 Å². The van der Waals surface area contributed by atoms with Crippen molar-refractivity contribution < 1.29 is 0 Å². The van der Waals surface area contributed by atoms with Crippen molar-refractivity contribution in [1.82, 2.24) is 24.4 Å². The highest BCUT2D eigenvalue weighted by Crippen LogP contribution is 2.37. The van der Waals surface area contributed by atoms with Crippen molar-refractivity contribution in [3.63, 3.8) is 0 Å². The molecule has 154 valence electrons. The van der Waals surface area contributed by atoms with E-state index in [-0.39, 0.29) is 0 Å². The van der Waals surface area contributed by atoms with Gasteiger partial charge in [0.2, 0.25) is 0 Å². The Bertz CT molecular complexity index is 1070. The quantitative estimate of drug-likeness (QED) is 0.652. The molecule has 2 aliphatic heterocycles. The van der Waals surface area contributed by atoms with Crippen LogP contribution in [0, 0.1) is 11.3 Å². The lowest BCUT2D eigenvalue weighted by molar-refractivity contribution is 0.136. The Hall–Kier alpha value is -3.18. The molecule has 8 nitrogen and oxygen atoms in total. The summed E-state index contributed by atoms with van der Waals surface area (Å²) < 4.78 is 1.90. The first-order valence-corrected chi connectivity index (χ1v) is 10.6. The molecule has 5 rings (SSSR count). The molecule has 8 heteroatoms. The second-order valence-corrected chi connectivity index (χ2v) is 8.32. The number of nitrogens with one attached hydrogen (secondary N) is 2. The maximum atomic E-state index is 8.96. The third-order valence-corrected chi connectivity index (χ3v) is 6.27. The van der Waals surface area contributed by atoms with Gasteiger partial charge in [-0.3, -0.25) is 9.88 Å². The summed E-state index contributed by atoms with van der Waals surface area (Å²) in [4.78, 5) is 16.3. The van der Waals surface area contributed by atoms with Crippen molar-refractivity contribution >= 4 is 28.4 Å². The lowest BCUT2D eigenvalue weighted by atomic mass is 9.97. The van der Waals surface area contributed by atoms with E-state index in [0.717, 1.165) is 47.7 Å². The van der Waals surface area contributed by atoms with Crippen LogP contribution in [0.2, 0.25) is 0 Å². The molecule has 2 saturated heterocycles. The van der Waals surface area contributed by atoms with E-state index in [4.69, 9.17) is 10.2 Å². The number of aromatic nitrogens is 4. The molecule has 5 heterocycles. The van der Waals surface area contributed by atoms with Gasteiger partial charge in [0, 0.05) is 62.0 Å². The third-order valence-electron chi connectivity index (χ3n) is 6.27. The molecular weight excluding hydrogens is 376 g/mol. The summed E-state index contributed by atoms with van der Waals surface area (Å²) >= 11 is 0. The maximum Gasteiger partial charge on any atom is 0.149 e. The summed E-state index contributed by atoms with van der Waals surface area (Å²) in [6, 6.07) is 9.78. The highest BCUT2D eigenvalue weighted by Gasteiger charge is 2.40. The Morgan fingerprint density at radius 2 is 2.03 bits per heavy atom. The fourth-order valence-corrected chi connectivity index (χ4v) is 4.99. The van der Waals surface area contributed by atoms with E-state index in [2.05, 4.69) is 37.6 Å². The molecule has 0 spiro atoms. The highest BCUT2D eigenvalue weighted by molar-refractivity contribution is 5.91. The van der Waals surface area contributed by atoms with Crippen LogP contribution in [-0.4, -0.2) is 49.1 Å². The molecule has 3 aromatic rings. The normalized spacial score (nSPS) is 23.4. The van der Waals surface area contributed by atoms with E-state index in [0.29, 0.717) is 24.5 Å². The van der Waals surface area contributed by atoms with E-state index in [1.165, 1.54) is 12.8 Å². The van der Waals surface area contributed by atoms with Crippen LogP contribution < -0.4 is 10.6 Å². The molecule has 3 aromatic heterocycles. The van der Waals surface area contributed by atoms with E-state index < -0.39 is 0 Å². The lowest BCUT2D eigenvalue weighted by Gasteiger charge is -2.39. The van der Waals surface area contributed by atoms with Gasteiger partial charge in [-0.1, -0.05) is 0 Å². The first kappa shape index (κ1) is 18.8. The van der Waals surface area contributed by atoms with Crippen molar-refractivity contribution in [2.75, 3.05) is 17.2 Å². The zero-order chi connectivity index (χ0) is 20.5. The molecule has 2 bridgehead atoms. The van der Waals surface area contributed by atoms with Gasteiger partial charge in [-0.25, -0.2) is 9.97 Å². The van der Waals surface area contributed by atoms with Crippen molar-refractivity contribution in [2.45, 2.75) is 50.2 Å². The maximum absolute atomic E-state index is 8.96. The van der Waals surface area contributed by atoms with Crippen LogP contribution in [0.1, 0.15) is 32.1 Å². The molecule has 30 heavy (non-hydrogen) atoms. The Kier molecular flexibility index (Phi) is 4.97. The van der Waals surface area contributed by atoms with Gasteiger partial charge in [0.25, 0.3) is 0 Å². The lowest BCUT2D eigenvalue weighted by Crippen LogP contribution is -2.47. The molecule has 0 amide bonds. The van der Waals surface area contributed by atoms with Crippen LogP contribution in [0.4, 0.5) is 17.5 Å². The minimum absolute atomic E-state index is 0.377. The second-order valence-electron chi connectivity index (χ2n) is 8.32.